The molecule has 0 bridgehead atoms. The summed E-state index contributed by atoms with van der Waals surface area (Å²) in [6, 6.07) is 17.1. The molecule has 0 aliphatic heterocycles. The number of aryl methyl sites for hydroxylation is 2. The molecule has 0 aliphatic rings. The SMILES string of the molecule is Cc1ccccc1-c1scc(Br)c1-c1ccccc1C. The van der Waals surface area contributed by atoms with Gasteiger partial charge in [0.15, 0.2) is 0 Å². The molecule has 0 saturated heterocycles. The maximum absolute atomic E-state index is 3.72. The highest BCUT2D eigenvalue weighted by molar-refractivity contribution is 9.10. The van der Waals surface area contributed by atoms with Crippen molar-refractivity contribution in [2.24, 2.45) is 0 Å². The van der Waals surface area contributed by atoms with Crippen LogP contribution in [0, 0.1) is 13.8 Å². The van der Waals surface area contributed by atoms with Crippen LogP contribution in [0.5, 0.6) is 0 Å². The van der Waals surface area contributed by atoms with E-state index in [0.717, 1.165) is 0 Å². The first-order valence-corrected chi connectivity index (χ1v) is 8.24. The summed E-state index contributed by atoms with van der Waals surface area (Å²) >= 11 is 5.52. The Hall–Kier alpha value is -1.38. The zero-order valence-electron chi connectivity index (χ0n) is 11.5. The predicted molar refractivity (Wildman–Crippen MR) is 92.4 cm³/mol. The summed E-state index contributed by atoms with van der Waals surface area (Å²) in [5.41, 5.74) is 6.56. The van der Waals surface area contributed by atoms with Gasteiger partial charge >= 0.3 is 0 Å². The predicted octanol–water partition coefficient (Wildman–Crippen LogP) is 6.46. The molecule has 0 aliphatic carbocycles. The minimum absolute atomic E-state index is 1.18. The second-order valence-corrected chi connectivity index (χ2v) is 6.65. The van der Waals surface area contributed by atoms with E-state index in [-0.39, 0.29) is 0 Å². The largest absolute Gasteiger partial charge is 0.142 e. The van der Waals surface area contributed by atoms with Crippen LogP contribution in [-0.4, -0.2) is 0 Å². The van der Waals surface area contributed by atoms with Crippen molar-refractivity contribution in [3.63, 3.8) is 0 Å². The first kappa shape index (κ1) is 13.6. The minimum atomic E-state index is 1.18. The molecule has 0 saturated carbocycles. The highest BCUT2D eigenvalue weighted by Gasteiger charge is 2.16. The first-order chi connectivity index (χ1) is 9.68. The van der Waals surface area contributed by atoms with Gasteiger partial charge in [-0.15, -0.1) is 11.3 Å². The Labute approximate surface area is 132 Å². The topological polar surface area (TPSA) is 0 Å². The van der Waals surface area contributed by atoms with E-state index >= 15 is 0 Å². The van der Waals surface area contributed by atoms with Crippen LogP contribution in [0.2, 0.25) is 0 Å². The number of rotatable bonds is 2. The average Bonchev–Trinajstić information content (AvgIpc) is 2.82. The maximum Gasteiger partial charge on any atom is 0.0435 e. The van der Waals surface area contributed by atoms with Gasteiger partial charge in [0.2, 0.25) is 0 Å². The third kappa shape index (κ3) is 2.34. The van der Waals surface area contributed by atoms with Crippen LogP contribution in [-0.2, 0) is 0 Å². The van der Waals surface area contributed by atoms with Gasteiger partial charge in [0.05, 0.1) is 0 Å². The standard InChI is InChI=1S/C18H15BrS/c1-12-7-3-5-9-14(12)17-16(19)11-20-18(17)15-10-6-4-8-13(15)2/h3-11H,1-2H3. The number of thiophene rings is 1. The monoisotopic (exact) mass is 342 g/mol. The van der Waals surface area contributed by atoms with E-state index in [1.54, 1.807) is 11.3 Å². The third-order valence-electron chi connectivity index (χ3n) is 3.55. The summed E-state index contributed by atoms with van der Waals surface area (Å²) in [5, 5.41) is 2.18. The molecule has 0 radical (unpaired) electrons. The molecule has 100 valence electrons. The van der Waals surface area contributed by atoms with E-state index in [9.17, 15) is 0 Å². The molecule has 1 heterocycles. The van der Waals surface area contributed by atoms with Gasteiger partial charge in [0, 0.05) is 20.3 Å². The van der Waals surface area contributed by atoms with Crippen molar-refractivity contribution in [1.29, 1.82) is 0 Å². The van der Waals surface area contributed by atoms with Crippen LogP contribution in [0.15, 0.2) is 58.4 Å². The van der Waals surface area contributed by atoms with E-state index in [1.165, 1.54) is 37.2 Å². The van der Waals surface area contributed by atoms with Gasteiger partial charge in [0.1, 0.15) is 0 Å². The van der Waals surface area contributed by atoms with Crippen molar-refractivity contribution in [2.45, 2.75) is 13.8 Å². The lowest BCUT2D eigenvalue weighted by Gasteiger charge is -2.10. The van der Waals surface area contributed by atoms with Gasteiger partial charge in [-0.2, -0.15) is 0 Å². The van der Waals surface area contributed by atoms with E-state index < -0.39 is 0 Å². The van der Waals surface area contributed by atoms with Gasteiger partial charge < -0.3 is 0 Å². The van der Waals surface area contributed by atoms with Crippen molar-refractivity contribution in [3.05, 3.63) is 69.5 Å². The second-order valence-electron chi connectivity index (χ2n) is 4.92. The molecule has 20 heavy (non-hydrogen) atoms. The quantitative estimate of drug-likeness (QED) is 0.501. The summed E-state index contributed by atoms with van der Waals surface area (Å²) in [7, 11) is 0. The molecule has 0 amide bonds. The van der Waals surface area contributed by atoms with Gasteiger partial charge in [-0.05, 0) is 52.0 Å². The molecule has 3 aromatic rings. The van der Waals surface area contributed by atoms with Crippen molar-refractivity contribution in [2.75, 3.05) is 0 Å². The highest BCUT2D eigenvalue weighted by Crippen LogP contribution is 2.44. The lowest BCUT2D eigenvalue weighted by molar-refractivity contribution is 1.45. The van der Waals surface area contributed by atoms with Crippen LogP contribution < -0.4 is 0 Å². The fraction of sp³-hybridized carbons (Fsp3) is 0.111. The molecule has 0 atom stereocenters. The second kappa shape index (κ2) is 5.55. The first-order valence-electron chi connectivity index (χ1n) is 6.57. The number of halogens is 1. The van der Waals surface area contributed by atoms with Gasteiger partial charge in [-0.3, -0.25) is 0 Å². The Kier molecular flexibility index (Phi) is 3.77. The van der Waals surface area contributed by atoms with Crippen molar-refractivity contribution in [1.82, 2.24) is 0 Å². The Balaban J connectivity index is 2.26. The molecule has 0 N–H and O–H groups in total. The van der Waals surface area contributed by atoms with Crippen LogP contribution in [0.1, 0.15) is 11.1 Å². The zero-order chi connectivity index (χ0) is 14.1. The zero-order valence-corrected chi connectivity index (χ0v) is 13.9. The molecular formula is C18H15BrS. The van der Waals surface area contributed by atoms with Crippen molar-refractivity contribution in [3.8, 4) is 21.6 Å². The van der Waals surface area contributed by atoms with Crippen molar-refractivity contribution < 1.29 is 0 Å². The molecule has 1 aromatic heterocycles. The maximum atomic E-state index is 3.72. The van der Waals surface area contributed by atoms with E-state index in [0.29, 0.717) is 0 Å². The Morgan fingerprint density at radius 1 is 0.800 bits per heavy atom. The minimum Gasteiger partial charge on any atom is -0.142 e. The lowest BCUT2D eigenvalue weighted by Crippen LogP contribution is -1.86. The highest BCUT2D eigenvalue weighted by atomic mass is 79.9. The van der Waals surface area contributed by atoms with E-state index in [1.807, 2.05) is 0 Å². The molecular weight excluding hydrogens is 328 g/mol. The summed E-state index contributed by atoms with van der Waals surface area (Å²) in [4.78, 5) is 1.34. The van der Waals surface area contributed by atoms with Crippen molar-refractivity contribution >= 4 is 27.3 Å². The molecule has 0 spiro atoms. The summed E-state index contributed by atoms with van der Waals surface area (Å²) in [6.07, 6.45) is 0. The van der Waals surface area contributed by atoms with E-state index in [4.69, 9.17) is 0 Å². The summed E-state index contributed by atoms with van der Waals surface area (Å²) < 4.78 is 1.18. The number of benzene rings is 2. The fourth-order valence-electron chi connectivity index (χ4n) is 2.47. The van der Waals surface area contributed by atoms with E-state index in [2.05, 4.69) is 83.7 Å². The summed E-state index contributed by atoms with van der Waals surface area (Å²) in [5.74, 6) is 0. The van der Waals surface area contributed by atoms with Gasteiger partial charge in [0.25, 0.3) is 0 Å². The normalized spacial score (nSPS) is 10.8. The van der Waals surface area contributed by atoms with Crippen LogP contribution in [0.3, 0.4) is 0 Å². The van der Waals surface area contributed by atoms with Crippen LogP contribution >= 0.6 is 27.3 Å². The smallest absolute Gasteiger partial charge is 0.0435 e. The summed E-state index contributed by atoms with van der Waals surface area (Å²) in [6.45, 7) is 4.34. The molecule has 0 nitrogen and oxygen atoms in total. The molecule has 3 rings (SSSR count). The molecule has 2 heteroatoms. The number of hydrogen-bond donors (Lipinski definition) is 0. The molecule has 0 unspecified atom stereocenters. The lowest BCUT2D eigenvalue weighted by atomic mass is 9.97. The van der Waals surface area contributed by atoms with Crippen LogP contribution in [0.25, 0.3) is 21.6 Å². The Morgan fingerprint density at radius 3 is 1.95 bits per heavy atom. The molecule has 0 fully saturated rings. The van der Waals surface area contributed by atoms with Crippen LogP contribution in [0.4, 0.5) is 0 Å². The molecule has 2 aromatic carbocycles. The Bertz CT molecular complexity index is 756. The fourth-order valence-corrected chi connectivity index (χ4v) is 4.32. The van der Waals surface area contributed by atoms with Gasteiger partial charge in [-0.1, -0.05) is 48.5 Å². The average molecular weight is 343 g/mol. The number of hydrogen-bond acceptors (Lipinski definition) is 1. The third-order valence-corrected chi connectivity index (χ3v) is 5.49. The Morgan fingerprint density at radius 2 is 1.35 bits per heavy atom. The van der Waals surface area contributed by atoms with Gasteiger partial charge in [-0.25, -0.2) is 0 Å².